The Morgan fingerprint density at radius 2 is 2.32 bits per heavy atom. The molecule has 0 spiro atoms. The fourth-order valence-electron chi connectivity index (χ4n) is 2.73. The normalized spacial score (nSPS) is 23.7. The summed E-state index contributed by atoms with van der Waals surface area (Å²) in [6, 6.07) is 2.44. The fourth-order valence-corrected chi connectivity index (χ4v) is 2.73. The zero-order chi connectivity index (χ0) is 13.2. The highest BCUT2D eigenvalue weighted by Gasteiger charge is 2.22. The molecule has 1 aliphatic rings. The molecule has 0 bridgehead atoms. The SMILES string of the molecule is COC1CCCC(Nc2cc(C)nc3ncnn23)C1. The minimum absolute atomic E-state index is 0.362. The Kier molecular flexibility index (Phi) is 3.33. The molecular formula is C13H19N5O. The summed E-state index contributed by atoms with van der Waals surface area (Å²) in [5, 5.41) is 7.77. The first-order chi connectivity index (χ1) is 9.26. The second kappa shape index (κ2) is 5.13. The lowest BCUT2D eigenvalue weighted by atomic mass is 9.93. The Morgan fingerprint density at radius 3 is 3.16 bits per heavy atom. The number of ether oxygens (including phenoxy) is 1. The number of nitrogens with zero attached hydrogens (tertiary/aromatic N) is 4. The molecule has 1 N–H and O–H groups in total. The second-order valence-electron chi connectivity index (χ2n) is 5.12. The number of aromatic nitrogens is 4. The molecule has 3 rings (SSSR count). The van der Waals surface area contributed by atoms with Gasteiger partial charge in [0, 0.05) is 24.9 Å². The maximum absolute atomic E-state index is 5.47. The third-order valence-corrected chi connectivity index (χ3v) is 3.69. The van der Waals surface area contributed by atoms with E-state index in [9.17, 15) is 0 Å². The van der Waals surface area contributed by atoms with Crippen molar-refractivity contribution in [2.45, 2.75) is 44.8 Å². The molecule has 102 valence electrons. The number of aryl methyl sites for hydroxylation is 1. The molecule has 2 unspecified atom stereocenters. The molecule has 6 nitrogen and oxygen atoms in total. The van der Waals surface area contributed by atoms with Crippen molar-refractivity contribution in [3.8, 4) is 0 Å². The van der Waals surface area contributed by atoms with Gasteiger partial charge in [-0.2, -0.15) is 14.6 Å². The van der Waals surface area contributed by atoms with Crippen LogP contribution < -0.4 is 5.32 Å². The van der Waals surface area contributed by atoms with Gasteiger partial charge in [-0.15, -0.1) is 0 Å². The number of hydrogen-bond acceptors (Lipinski definition) is 5. The largest absolute Gasteiger partial charge is 0.381 e. The molecule has 1 aliphatic carbocycles. The van der Waals surface area contributed by atoms with E-state index >= 15 is 0 Å². The number of rotatable bonds is 3. The molecular weight excluding hydrogens is 242 g/mol. The maximum Gasteiger partial charge on any atom is 0.254 e. The lowest BCUT2D eigenvalue weighted by Gasteiger charge is -2.29. The summed E-state index contributed by atoms with van der Waals surface area (Å²) in [4.78, 5) is 8.49. The molecule has 2 atom stereocenters. The van der Waals surface area contributed by atoms with Gasteiger partial charge in [-0.05, 0) is 32.6 Å². The van der Waals surface area contributed by atoms with Crippen LogP contribution in [0.3, 0.4) is 0 Å². The smallest absolute Gasteiger partial charge is 0.254 e. The zero-order valence-corrected chi connectivity index (χ0v) is 11.3. The minimum Gasteiger partial charge on any atom is -0.381 e. The van der Waals surface area contributed by atoms with E-state index in [0.29, 0.717) is 17.9 Å². The Bertz CT molecular complexity index is 567. The molecule has 2 aromatic rings. The van der Waals surface area contributed by atoms with Crippen molar-refractivity contribution in [1.82, 2.24) is 19.6 Å². The quantitative estimate of drug-likeness (QED) is 0.912. The predicted octanol–water partition coefficient (Wildman–Crippen LogP) is 1.80. The van der Waals surface area contributed by atoms with Crippen LogP contribution in [-0.2, 0) is 4.74 Å². The van der Waals surface area contributed by atoms with Crippen LogP contribution >= 0.6 is 0 Å². The number of hydrogen-bond donors (Lipinski definition) is 1. The van der Waals surface area contributed by atoms with Crippen molar-refractivity contribution < 1.29 is 4.74 Å². The summed E-state index contributed by atoms with van der Waals surface area (Å²) in [7, 11) is 1.79. The van der Waals surface area contributed by atoms with Gasteiger partial charge < -0.3 is 10.1 Å². The lowest BCUT2D eigenvalue weighted by molar-refractivity contribution is 0.0668. The van der Waals surface area contributed by atoms with Crippen LogP contribution in [0.15, 0.2) is 12.4 Å². The van der Waals surface area contributed by atoms with Crippen LogP contribution in [0, 0.1) is 6.92 Å². The van der Waals surface area contributed by atoms with Gasteiger partial charge in [-0.25, -0.2) is 4.98 Å². The summed E-state index contributed by atoms with van der Waals surface area (Å²) >= 11 is 0. The van der Waals surface area contributed by atoms with Crippen molar-refractivity contribution in [3.05, 3.63) is 18.1 Å². The molecule has 0 aliphatic heterocycles. The third kappa shape index (κ3) is 2.53. The lowest BCUT2D eigenvalue weighted by Crippen LogP contribution is -2.31. The van der Waals surface area contributed by atoms with Crippen molar-refractivity contribution in [3.63, 3.8) is 0 Å². The molecule has 1 fully saturated rings. The predicted molar refractivity (Wildman–Crippen MR) is 72.2 cm³/mol. The molecule has 0 saturated heterocycles. The second-order valence-corrected chi connectivity index (χ2v) is 5.12. The first-order valence-electron chi connectivity index (χ1n) is 6.73. The molecule has 19 heavy (non-hydrogen) atoms. The van der Waals surface area contributed by atoms with Crippen LogP contribution in [-0.4, -0.2) is 38.8 Å². The molecule has 2 heterocycles. The Balaban J connectivity index is 1.82. The van der Waals surface area contributed by atoms with Gasteiger partial charge in [0.1, 0.15) is 12.1 Å². The van der Waals surface area contributed by atoms with Crippen LogP contribution in [0.1, 0.15) is 31.4 Å². The first-order valence-corrected chi connectivity index (χ1v) is 6.73. The fraction of sp³-hybridized carbons (Fsp3) is 0.615. The average molecular weight is 261 g/mol. The monoisotopic (exact) mass is 261 g/mol. The first kappa shape index (κ1) is 12.3. The van der Waals surface area contributed by atoms with Crippen molar-refractivity contribution >= 4 is 11.6 Å². The highest BCUT2D eigenvalue weighted by atomic mass is 16.5. The number of fused-ring (bicyclic) bond motifs is 1. The van der Waals surface area contributed by atoms with Crippen LogP contribution in [0.25, 0.3) is 5.78 Å². The van der Waals surface area contributed by atoms with E-state index in [0.717, 1.165) is 30.8 Å². The highest BCUT2D eigenvalue weighted by Crippen LogP contribution is 2.24. The summed E-state index contributed by atoms with van der Waals surface area (Å²) in [6.45, 7) is 1.97. The van der Waals surface area contributed by atoms with E-state index in [4.69, 9.17) is 4.74 Å². The van der Waals surface area contributed by atoms with Gasteiger partial charge in [0.05, 0.1) is 6.10 Å². The Hall–Kier alpha value is -1.69. The van der Waals surface area contributed by atoms with E-state index in [-0.39, 0.29) is 0 Å². The summed E-state index contributed by atoms with van der Waals surface area (Å²) in [5.74, 6) is 1.60. The summed E-state index contributed by atoms with van der Waals surface area (Å²) < 4.78 is 7.22. The van der Waals surface area contributed by atoms with E-state index in [1.807, 2.05) is 13.0 Å². The van der Waals surface area contributed by atoms with Crippen LogP contribution in [0.2, 0.25) is 0 Å². The zero-order valence-electron chi connectivity index (χ0n) is 11.3. The highest BCUT2D eigenvalue weighted by molar-refractivity contribution is 5.45. The Labute approximate surface area is 112 Å². The van der Waals surface area contributed by atoms with Gasteiger partial charge in [-0.3, -0.25) is 0 Å². The van der Waals surface area contributed by atoms with Crippen LogP contribution in [0.4, 0.5) is 5.82 Å². The Morgan fingerprint density at radius 1 is 1.42 bits per heavy atom. The summed E-state index contributed by atoms with van der Waals surface area (Å²) in [6.07, 6.45) is 6.45. The summed E-state index contributed by atoms with van der Waals surface area (Å²) in [5.41, 5.74) is 0.946. The molecule has 1 saturated carbocycles. The van der Waals surface area contributed by atoms with E-state index < -0.39 is 0 Å². The van der Waals surface area contributed by atoms with Gasteiger partial charge in [0.25, 0.3) is 5.78 Å². The molecule has 0 amide bonds. The maximum atomic E-state index is 5.47. The van der Waals surface area contributed by atoms with Gasteiger partial charge >= 0.3 is 0 Å². The van der Waals surface area contributed by atoms with Crippen LogP contribution in [0.5, 0.6) is 0 Å². The molecule has 6 heteroatoms. The molecule has 0 radical (unpaired) electrons. The number of nitrogens with one attached hydrogen (secondary N) is 1. The van der Waals surface area contributed by atoms with Crippen molar-refractivity contribution in [1.29, 1.82) is 0 Å². The minimum atomic E-state index is 0.362. The molecule has 2 aromatic heterocycles. The standard InChI is InChI=1S/C13H19N5O/c1-9-6-12(18-13(16-9)14-8-15-18)17-10-4-3-5-11(7-10)19-2/h6,8,10-11,17H,3-5,7H2,1-2H3. The van der Waals surface area contributed by atoms with Crippen molar-refractivity contribution in [2.75, 3.05) is 12.4 Å². The number of anilines is 1. The van der Waals surface area contributed by atoms with E-state index in [1.54, 1.807) is 11.6 Å². The van der Waals surface area contributed by atoms with Crippen molar-refractivity contribution in [2.24, 2.45) is 0 Å². The average Bonchev–Trinajstić information content (AvgIpc) is 2.87. The van der Waals surface area contributed by atoms with E-state index in [1.165, 1.54) is 12.7 Å². The van der Waals surface area contributed by atoms with E-state index in [2.05, 4.69) is 20.4 Å². The molecule has 0 aromatic carbocycles. The third-order valence-electron chi connectivity index (χ3n) is 3.69. The van der Waals surface area contributed by atoms with Gasteiger partial charge in [0.2, 0.25) is 0 Å². The van der Waals surface area contributed by atoms with Gasteiger partial charge in [0.15, 0.2) is 0 Å². The topological polar surface area (TPSA) is 64.3 Å². The number of methoxy groups -OCH3 is 1. The van der Waals surface area contributed by atoms with Gasteiger partial charge in [-0.1, -0.05) is 0 Å².